The molecule has 0 atom stereocenters. The minimum atomic E-state index is 0.299. The van der Waals surface area contributed by atoms with Crippen LogP contribution in [0.15, 0.2) is 24.7 Å². The van der Waals surface area contributed by atoms with Gasteiger partial charge < -0.3 is 15.2 Å². The zero-order valence-electron chi connectivity index (χ0n) is 9.54. The molecule has 2 rings (SSSR count). The number of rotatable bonds is 3. The van der Waals surface area contributed by atoms with Crippen LogP contribution in [-0.4, -0.2) is 29.2 Å². The SMILES string of the molecule is COc1cc(-c2ncnc(N)c2OC)ccn1. The fraction of sp³-hybridized carbons (Fsp3) is 0.182. The molecular weight excluding hydrogens is 220 g/mol. The van der Waals surface area contributed by atoms with Gasteiger partial charge in [0.2, 0.25) is 5.88 Å². The molecule has 0 radical (unpaired) electrons. The lowest BCUT2D eigenvalue weighted by Crippen LogP contribution is -2.00. The van der Waals surface area contributed by atoms with Gasteiger partial charge in [-0.05, 0) is 6.07 Å². The molecule has 0 fully saturated rings. The van der Waals surface area contributed by atoms with Crippen LogP contribution < -0.4 is 15.2 Å². The number of hydrogen-bond donors (Lipinski definition) is 1. The number of pyridine rings is 1. The Morgan fingerprint density at radius 1 is 1.12 bits per heavy atom. The smallest absolute Gasteiger partial charge is 0.213 e. The first-order valence-corrected chi connectivity index (χ1v) is 4.91. The molecule has 0 saturated carbocycles. The van der Waals surface area contributed by atoms with Gasteiger partial charge in [0.1, 0.15) is 12.0 Å². The van der Waals surface area contributed by atoms with E-state index in [4.69, 9.17) is 15.2 Å². The monoisotopic (exact) mass is 232 g/mol. The van der Waals surface area contributed by atoms with E-state index in [0.717, 1.165) is 5.56 Å². The van der Waals surface area contributed by atoms with E-state index in [1.165, 1.54) is 13.4 Å². The van der Waals surface area contributed by atoms with E-state index in [0.29, 0.717) is 23.1 Å². The Bertz CT molecular complexity index is 531. The second kappa shape index (κ2) is 4.65. The molecule has 6 heteroatoms. The molecule has 88 valence electrons. The molecule has 0 saturated heterocycles. The minimum absolute atomic E-state index is 0.299. The summed E-state index contributed by atoms with van der Waals surface area (Å²) in [6.45, 7) is 0. The first-order valence-electron chi connectivity index (χ1n) is 4.91. The summed E-state index contributed by atoms with van der Waals surface area (Å²) >= 11 is 0. The summed E-state index contributed by atoms with van der Waals surface area (Å²) in [6.07, 6.45) is 3.02. The normalized spacial score (nSPS) is 10.0. The third-order valence-electron chi connectivity index (χ3n) is 2.25. The van der Waals surface area contributed by atoms with E-state index in [2.05, 4.69) is 15.0 Å². The molecule has 6 nitrogen and oxygen atoms in total. The van der Waals surface area contributed by atoms with E-state index < -0.39 is 0 Å². The summed E-state index contributed by atoms with van der Waals surface area (Å²) in [5, 5.41) is 0. The zero-order chi connectivity index (χ0) is 12.3. The van der Waals surface area contributed by atoms with Crippen LogP contribution in [0.2, 0.25) is 0 Å². The largest absolute Gasteiger partial charge is 0.491 e. The number of nitrogens with zero attached hydrogens (tertiary/aromatic N) is 3. The van der Waals surface area contributed by atoms with Crippen LogP contribution in [0, 0.1) is 0 Å². The van der Waals surface area contributed by atoms with Gasteiger partial charge in [0.15, 0.2) is 11.6 Å². The van der Waals surface area contributed by atoms with Crippen molar-refractivity contribution in [2.24, 2.45) is 0 Å². The summed E-state index contributed by atoms with van der Waals surface area (Å²) in [6, 6.07) is 3.55. The maximum atomic E-state index is 5.72. The summed E-state index contributed by atoms with van der Waals surface area (Å²) in [4.78, 5) is 12.1. The molecule has 0 amide bonds. The predicted molar refractivity (Wildman–Crippen MR) is 62.8 cm³/mol. The van der Waals surface area contributed by atoms with Gasteiger partial charge in [0.05, 0.1) is 14.2 Å². The first kappa shape index (κ1) is 11.1. The number of methoxy groups -OCH3 is 2. The van der Waals surface area contributed by atoms with Crippen LogP contribution >= 0.6 is 0 Å². The molecule has 2 aromatic rings. The Hall–Kier alpha value is -2.37. The van der Waals surface area contributed by atoms with Crippen molar-refractivity contribution >= 4 is 5.82 Å². The van der Waals surface area contributed by atoms with Gasteiger partial charge >= 0.3 is 0 Å². The standard InChI is InChI=1S/C11H12N4O2/c1-16-8-5-7(3-4-13-8)9-10(17-2)11(12)15-6-14-9/h3-6H,1-2H3,(H2,12,14,15). The lowest BCUT2D eigenvalue weighted by atomic mass is 10.1. The van der Waals surface area contributed by atoms with Gasteiger partial charge in [-0.1, -0.05) is 0 Å². The maximum Gasteiger partial charge on any atom is 0.213 e. The van der Waals surface area contributed by atoms with Crippen molar-refractivity contribution in [3.63, 3.8) is 0 Å². The van der Waals surface area contributed by atoms with Crippen molar-refractivity contribution < 1.29 is 9.47 Å². The number of ether oxygens (including phenoxy) is 2. The van der Waals surface area contributed by atoms with Crippen LogP contribution in [0.4, 0.5) is 5.82 Å². The number of hydrogen-bond acceptors (Lipinski definition) is 6. The molecular formula is C11H12N4O2. The Kier molecular flexibility index (Phi) is 3.04. The highest BCUT2D eigenvalue weighted by molar-refractivity contribution is 5.71. The van der Waals surface area contributed by atoms with Crippen LogP contribution in [0.25, 0.3) is 11.3 Å². The molecule has 0 aliphatic heterocycles. The lowest BCUT2D eigenvalue weighted by Gasteiger charge is -2.09. The van der Waals surface area contributed by atoms with Crippen molar-refractivity contribution in [3.8, 4) is 22.9 Å². The molecule has 2 heterocycles. The number of nitrogen functional groups attached to an aromatic ring is 1. The number of anilines is 1. The van der Waals surface area contributed by atoms with Crippen LogP contribution in [-0.2, 0) is 0 Å². The topological polar surface area (TPSA) is 83.2 Å². The molecule has 0 unspecified atom stereocenters. The van der Waals surface area contributed by atoms with Gasteiger partial charge in [0, 0.05) is 17.8 Å². The van der Waals surface area contributed by atoms with Gasteiger partial charge in [0.25, 0.3) is 0 Å². The number of aromatic nitrogens is 3. The molecule has 0 aliphatic carbocycles. The zero-order valence-corrected chi connectivity index (χ0v) is 9.54. The second-order valence-corrected chi connectivity index (χ2v) is 3.23. The summed E-state index contributed by atoms with van der Waals surface area (Å²) in [5.74, 6) is 1.25. The van der Waals surface area contributed by atoms with Crippen molar-refractivity contribution in [2.45, 2.75) is 0 Å². The summed E-state index contributed by atoms with van der Waals surface area (Å²) in [5.41, 5.74) is 7.14. The van der Waals surface area contributed by atoms with E-state index in [-0.39, 0.29) is 0 Å². The van der Waals surface area contributed by atoms with Crippen LogP contribution in [0.1, 0.15) is 0 Å². The minimum Gasteiger partial charge on any atom is -0.491 e. The predicted octanol–water partition coefficient (Wildman–Crippen LogP) is 1.14. The molecule has 17 heavy (non-hydrogen) atoms. The summed E-state index contributed by atoms with van der Waals surface area (Å²) < 4.78 is 10.2. The highest BCUT2D eigenvalue weighted by atomic mass is 16.5. The molecule has 0 bridgehead atoms. The Balaban J connectivity index is 2.55. The molecule has 2 N–H and O–H groups in total. The van der Waals surface area contributed by atoms with Gasteiger partial charge in [-0.3, -0.25) is 0 Å². The highest BCUT2D eigenvalue weighted by Crippen LogP contribution is 2.31. The Morgan fingerprint density at radius 2 is 1.94 bits per heavy atom. The van der Waals surface area contributed by atoms with E-state index in [1.54, 1.807) is 25.4 Å². The fourth-order valence-corrected chi connectivity index (χ4v) is 1.46. The van der Waals surface area contributed by atoms with Crippen LogP contribution in [0.3, 0.4) is 0 Å². The molecule has 0 spiro atoms. The fourth-order valence-electron chi connectivity index (χ4n) is 1.46. The number of nitrogens with two attached hydrogens (primary N) is 1. The quantitative estimate of drug-likeness (QED) is 0.854. The van der Waals surface area contributed by atoms with Gasteiger partial charge in [-0.15, -0.1) is 0 Å². The van der Waals surface area contributed by atoms with Crippen molar-refractivity contribution in [1.29, 1.82) is 0 Å². The van der Waals surface area contributed by atoms with Crippen molar-refractivity contribution in [1.82, 2.24) is 15.0 Å². The van der Waals surface area contributed by atoms with E-state index in [9.17, 15) is 0 Å². The van der Waals surface area contributed by atoms with Gasteiger partial charge in [-0.2, -0.15) is 0 Å². The first-order chi connectivity index (χ1) is 8.26. The van der Waals surface area contributed by atoms with Gasteiger partial charge in [-0.25, -0.2) is 15.0 Å². The molecule has 0 aromatic carbocycles. The average molecular weight is 232 g/mol. The molecule has 0 aliphatic rings. The van der Waals surface area contributed by atoms with E-state index in [1.807, 2.05) is 0 Å². The van der Waals surface area contributed by atoms with Crippen molar-refractivity contribution in [3.05, 3.63) is 24.7 Å². The average Bonchev–Trinajstić information content (AvgIpc) is 2.38. The highest BCUT2D eigenvalue weighted by Gasteiger charge is 2.12. The Morgan fingerprint density at radius 3 is 2.65 bits per heavy atom. The second-order valence-electron chi connectivity index (χ2n) is 3.23. The summed E-state index contributed by atoms with van der Waals surface area (Å²) in [7, 11) is 3.08. The van der Waals surface area contributed by atoms with Crippen molar-refractivity contribution in [2.75, 3.05) is 20.0 Å². The van der Waals surface area contributed by atoms with E-state index >= 15 is 0 Å². The third-order valence-corrected chi connectivity index (χ3v) is 2.25. The molecule has 2 aromatic heterocycles. The Labute approximate surface area is 98.4 Å². The lowest BCUT2D eigenvalue weighted by molar-refractivity contribution is 0.398. The van der Waals surface area contributed by atoms with Crippen LogP contribution in [0.5, 0.6) is 11.6 Å². The third kappa shape index (κ3) is 2.10. The maximum absolute atomic E-state index is 5.72.